The van der Waals surface area contributed by atoms with Crippen molar-refractivity contribution < 1.29 is 0 Å². The van der Waals surface area contributed by atoms with E-state index < -0.39 is 0 Å². The van der Waals surface area contributed by atoms with E-state index >= 15 is 0 Å². The molecule has 0 radical (unpaired) electrons. The third kappa shape index (κ3) is 2.22. The Bertz CT molecular complexity index is 538. The molecule has 1 heterocycles. The zero-order chi connectivity index (χ0) is 12.4. The van der Waals surface area contributed by atoms with Crippen LogP contribution in [0.4, 0.5) is 0 Å². The molecule has 0 spiro atoms. The summed E-state index contributed by atoms with van der Waals surface area (Å²) in [6, 6.07) is 5.73. The lowest BCUT2D eigenvalue weighted by Gasteiger charge is -2.08. The van der Waals surface area contributed by atoms with Gasteiger partial charge in [0.05, 0.1) is 11.6 Å². The van der Waals surface area contributed by atoms with Crippen LogP contribution in [0.3, 0.4) is 0 Å². The van der Waals surface area contributed by atoms with Crippen LogP contribution >= 0.6 is 27.5 Å². The number of rotatable bonds is 3. The Morgan fingerprint density at radius 1 is 1.41 bits per heavy atom. The summed E-state index contributed by atoms with van der Waals surface area (Å²) in [4.78, 5) is 0. The van der Waals surface area contributed by atoms with E-state index in [0.29, 0.717) is 11.6 Å². The number of aromatic nitrogens is 3. The Hall–Kier alpha value is -0.910. The predicted molar refractivity (Wildman–Crippen MR) is 71.7 cm³/mol. The van der Waals surface area contributed by atoms with Gasteiger partial charge < -0.3 is 10.3 Å². The first-order valence-corrected chi connectivity index (χ1v) is 6.42. The van der Waals surface area contributed by atoms with E-state index in [4.69, 9.17) is 17.3 Å². The molecule has 0 aliphatic carbocycles. The molecular formula is C11H12BrClN4. The maximum absolute atomic E-state index is 6.25. The van der Waals surface area contributed by atoms with Crippen LogP contribution in [0.2, 0.25) is 5.02 Å². The fourth-order valence-corrected chi connectivity index (χ4v) is 2.27. The molecule has 2 N–H and O–H groups in total. The van der Waals surface area contributed by atoms with E-state index in [-0.39, 0.29) is 0 Å². The fraction of sp³-hybridized carbons (Fsp3) is 0.273. The first-order valence-electron chi connectivity index (χ1n) is 5.25. The Labute approximate surface area is 113 Å². The summed E-state index contributed by atoms with van der Waals surface area (Å²) in [6.07, 6.45) is 0. The third-order valence-electron chi connectivity index (χ3n) is 2.52. The minimum atomic E-state index is 0.368. The minimum Gasteiger partial charge on any atom is -0.324 e. The lowest BCUT2D eigenvalue weighted by Crippen LogP contribution is -2.08. The fourth-order valence-electron chi connectivity index (χ4n) is 1.69. The monoisotopic (exact) mass is 314 g/mol. The molecule has 2 aromatic rings. The lowest BCUT2D eigenvalue weighted by molar-refractivity contribution is 0.704. The summed E-state index contributed by atoms with van der Waals surface area (Å²) >= 11 is 9.65. The standard InChI is InChI=1S/C11H12BrClN4/c1-2-17-9(6-14)15-16-11(17)7-4-3-5-8(12)10(7)13/h3-5H,2,6,14H2,1H3. The molecule has 2 rings (SSSR count). The summed E-state index contributed by atoms with van der Waals surface area (Å²) in [5.74, 6) is 1.51. The minimum absolute atomic E-state index is 0.368. The van der Waals surface area contributed by atoms with Crippen molar-refractivity contribution in [1.29, 1.82) is 0 Å². The van der Waals surface area contributed by atoms with Crippen LogP contribution in [0.1, 0.15) is 12.7 Å². The highest BCUT2D eigenvalue weighted by Gasteiger charge is 2.15. The molecule has 0 saturated carbocycles. The van der Waals surface area contributed by atoms with Crippen LogP contribution in [0.25, 0.3) is 11.4 Å². The molecule has 0 aliphatic rings. The van der Waals surface area contributed by atoms with Crippen molar-refractivity contribution in [3.05, 3.63) is 33.5 Å². The molecule has 0 bridgehead atoms. The van der Waals surface area contributed by atoms with E-state index in [9.17, 15) is 0 Å². The predicted octanol–water partition coefficient (Wildman–Crippen LogP) is 2.84. The molecule has 0 saturated heterocycles. The SMILES string of the molecule is CCn1c(CN)nnc1-c1cccc(Br)c1Cl. The van der Waals surface area contributed by atoms with Crippen LogP contribution < -0.4 is 5.73 Å². The second kappa shape index (κ2) is 5.16. The highest BCUT2D eigenvalue weighted by molar-refractivity contribution is 9.10. The zero-order valence-electron chi connectivity index (χ0n) is 9.32. The highest BCUT2D eigenvalue weighted by atomic mass is 79.9. The second-order valence-corrected chi connectivity index (χ2v) is 4.72. The first-order chi connectivity index (χ1) is 8.19. The van der Waals surface area contributed by atoms with Crippen LogP contribution in [0.5, 0.6) is 0 Å². The van der Waals surface area contributed by atoms with E-state index in [1.165, 1.54) is 0 Å². The van der Waals surface area contributed by atoms with Crippen LogP contribution in [0, 0.1) is 0 Å². The Balaban J connectivity index is 2.60. The average molecular weight is 316 g/mol. The van der Waals surface area contributed by atoms with Crippen molar-refractivity contribution in [2.45, 2.75) is 20.0 Å². The average Bonchev–Trinajstić information content (AvgIpc) is 2.75. The molecule has 6 heteroatoms. The van der Waals surface area contributed by atoms with Gasteiger partial charge in [-0.15, -0.1) is 10.2 Å². The number of hydrogen-bond donors (Lipinski definition) is 1. The number of halogens is 2. The van der Waals surface area contributed by atoms with Crippen LogP contribution in [0.15, 0.2) is 22.7 Å². The molecule has 0 unspecified atom stereocenters. The van der Waals surface area contributed by atoms with Gasteiger partial charge in [0.1, 0.15) is 5.82 Å². The van der Waals surface area contributed by atoms with Gasteiger partial charge in [-0.1, -0.05) is 17.7 Å². The molecule has 17 heavy (non-hydrogen) atoms. The summed E-state index contributed by atoms with van der Waals surface area (Å²) in [5, 5.41) is 8.86. The Morgan fingerprint density at radius 2 is 2.18 bits per heavy atom. The van der Waals surface area contributed by atoms with Crippen molar-refractivity contribution >= 4 is 27.5 Å². The van der Waals surface area contributed by atoms with Gasteiger partial charge in [-0.2, -0.15) is 0 Å². The Kier molecular flexibility index (Phi) is 3.81. The maximum Gasteiger partial charge on any atom is 0.165 e. The molecule has 0 aliphatic heterocycles. The summed E-state index contributed by atoms with van der Waals surface area (Å²) in [6.45, 7) is 3.15. The maximum atomic E-state index is 6.25. The number of benzene rings is 1. The normalized spacial score (nSPS) is 10.8. The smallest absolute Gasteiger partial charge is 0.165 e. The van der Waals surface area contributed by atoms with Gasteiger partial charge >= 0.3 is 0 Å². The van der Waals surface area contributed by atoms with E-state index in [1.807, 2.05) is 29.7 Å². The van der Waals surface area contributed by atoms with Crippen molar-refractivity contribution in [2.75, 3.05) is 0 Å². The molecule has 0 atom stereocenters. The van der Waals surface area contributed by atoms with Gasteiger partial charge in [0.2, 0.25) is 0 Å². The van der Waals surface area contributed by atoms with Gasteiger partial charge in [-0.25, -0.2) is 0 Å². The van der Waals surface area contributed by atoms with E-state index in [1.54, 1.807) is 0 Å². The van der Waals surface area contributed by atoms with Crippen LogP contribution in [-0.2, 0) is 13.1 Å². The van der Waals surface area contributed by atoms with Gasteiger partial charge in [-0.3, -0.25) is 0 Å². The van der Waals surface area contributed by atoms with Gasteiger partial charge in [0.25, 0.3) is 0 Å². The molecule has 4 nitrogen and oxygen atoms in total. The van der Waals surface area contributed by atoms with Gasteiger partial charge in [-0.05, 0) is 35.0 Å². The molecule has 1 aromatic carbocycles. The molecule has 1 aromatic heterocycles. The zero-order valence-corrected chi connectivity index (χ0v) is 11.7. The second-order valence-electron chi connectivity index (χ2n) is 3.49. The topological polar surface area (TPSA) is 56.7 Å². The summed E-state index contributed by atoms with van der Waals surface area (Å²) < 4.78 is 2.81. The van der Waals surface area contributed by atoms with Gasteiger partial charge in [0.15, 0.2) is 5.82 Å². The van der Waals surface area contributed by atoms with E-state index in [0.717, 1.165) is 28.2 Å². The molecular weight excluding hydrogens is 304 g/mol. The van der Waals surface area contributed by atoms with Crippen LogP contribution in [-0.4, -0.2) is 14.8 Å². The lowest BCUT2D eigenvalue weighted by atomic mass is 10.2. The third-order valence-corrected chi connectivity index (χ3v) is 3.82. The van der Waals surface area contributed by atoms with Crippen molar-refractivity contribution in [2.24, 2.45) is 5.73 Å². The Morgan fingerprint density at radius 3 is 2.82 bits per heavy atom. The van der Waals surface area contributed by atoms with Crippen molar-refractivity contribution in [3.8, 4) is 11.4 Å². The highest BCUT2D eigenvalue weighted by Crippen LogP contribution is 2.32. The van der Waals surface area contributed by atoms with Crippen molar-refractivity contribution in [1.82, 2.24) is 14.8 Å². The number of nitrogens with two attached hydrogens (primary N) is 1. The van der Waals surface area contributed by atoms with Crippen molar-refractivity contribution in [3.63, 3.8) is 0 Å². The number of hydrogen-bond acceptors (Lipinski definition) is 3. The molecule has 90 valence electrons. The van der Waals surface area contributed by atoms with Gasteiger partial charge in [0, 0.05) is 16.6 Å². The largest absolute Gasteiger partial charge is 0.324 e. The molecule has 0 amide bonds. The summed E-state index contributed by atoms with van der Waals surface area (Å²) in [7, 11) is 0. The molecule has 0 fully saturated rings. The first kappa shape index (κ1) is 12.5. The quantitative estimate of drug-likeness (QED) is 0.947. The van der Waals surface area contributed by atoms with E-state index in [2.05, 4.69) is 26.1 Å². The summed E-state index contributed by atoms with van der Waals surface area (Å²) in [5.41, 5.74) is 6.48. The number of nitrogens with zero attached hydrogens (tertiary/aromatic N) is 3.